The number of ether oxygens (including phenoxy) is 2. The lowest BCUT2D eigenvalue weighted by atomic mass is 9.78. The monoisotopic (exact) mass is 710 g/mol. The second kappa shape index (κ2) is 20.2. The van der Waals surface area contributed by atoms with Gasteiger partial charge in [-0.25, -0.2) is 0 Å². The number of carbonyl (C=O) groups is 2. The van der Waals surface area contributed by atoms with Crippen LogP contribution >= 0.6 is 0 Å². The molecule has 2 aliphatic rings. The van der Waals surface area contributed by atoms with E-state index in [1.807, 2.05) is 49.5 Å². The molecule has 2 aliphatic carbocycles. The van der Waals surface area contributed by atoms with Crippen LogP contribution in [-0.4, -0.2) is 52.8 Å². The van der Waals surface area contributed by atoms with Gasteiger partial charge in [-0.15, -0.1) is 0 Å². The molecule has 1 fully saturated rings. The lowest BCUT2D eigenvalue weighted by molar-refractivity contribution is -0.182. The molecule has 10 heteroatoms. The van der Waals surface area contributed by atoms with Crippen molar-refractivity contribution in [2.24, 2.45) is 5.92 Å². The number of para-hydroxylation sites is 1. The van der Waals surface area contributed by atoms with Gasteiger partial charge in [0.2, 0.25) is 0 Å². The van der Waals surface area contributed by atoms with E-state index in [2.05, 4.69) is 34.1 Å². The number of fused-ring (bicyclic) bond motifs is 1. The summed E-state index contributed by atoms with van der Waals surface area (Å²) in [5.74, 6) is -0.977. The molecule has 0 saturated heterocycles. The van der Waals surface area contributed by atoms with Crippen molar-refractivity contribution >= 4 is 11.9 Å². The third kappa shape index (κ3) is 12.7. The maximum absolute atomic E-state index is 13.1. The molecule has 0 amide bonds. The predicted octanol–water partition coefficient (Wildman–Crippen LogP) is 9.63. The van der Waals surface area contributed by atoms with E-state index in [0.29, 0.717) is 38.5 Å². The minimum absolute atomic E-state index is 0.130. The van der Waals surface area contributed by atoms with Crippen LogP contribution < -0.4 is 4.74 Å². The first-order chi connectivity index (χ1) is 24.6. The highest BCUT2D eigenvalue weighted by molar-refractivity contribution is 5.69. The molecule has 0 radical (unpaired) electrons. The number of pyridine rings is 1. The summed E-state index contributed by atoms with van der Waals surface area (Å²) < 4.78 is 50.7. The second-order valence-electron chi connectivity index (χ2n) is 13.5. The summed E-state index contributed by atoms with van der Waals surface area (Å²) in [4.78, 5) is 28.5. The lowest BCUT2D eigenvalue weighted by Gasteiger charge is -2.35. The third-order valence-electron chi connectivity index (χ3n) is 9.98. The molecule has 1 N–H and O–H groups in total. The van der Waals surface area contributed by atoms with Gasteiger partial charge in [0.05, 0.1) is 12.5 Å². The number of aryl methyl sites for hydroxylation is 1. The first kappa shape index (κ1) is 39.9. The minimum Gasteiger partial charge on any atom is -0.489 e. The summed E-state index contributed by atoms with van der Waals surface area (Å²) >= 11 is 0. The Morgan fingerprint density at radius 2 is 1.65 bits per heavy atom. The Bertz CT molecular complexity index is 1510. The van der Waals surface area contributed by atoms with Crippen LogP contribution in [0.5, 0.6) is 5.75 Å². The zero-order valence-corrected chi connectivity index (χ0v) is 30.0. The van der Waals surface area contributed by atoms with Gasteiger partial charge >= 0.3 is 18.1 Å². The molecule has 1 unspecified atom stereocenters. The van der Waals surface area contributed by atoms with Crippen LogP contribution in [0.15, 0.2) is 66.9 Å². The maximum atomic E-state index is 13.1. The quantitative estimate of drug-likeness (QED) is 0.124. The lowest BCUT2D eigenvalue weighted by Crippen LogP contribution is -2.34. The molecular formula is C41H53F3N2O5. The summed E-state index contributed by atoms with van der Waals surface area (Å²) in [6, 6.07) is 20.9. The van der Waals surface area contributed by atoms with E-state index >= 15 is 0 Å². The Labute approximate surface area is 300 Å². The average Bonchev–Trinajstić information content (AvgIpc) is 3.14. The van der Waals surface area contributed by atoms with Crippen LogP contribution in [0.3, 0.4) is 0 Å². The van der Waals surface area contributed by atoms with Gasteiger partial charge in [-0.05, 0) is 118 Å². The number of hydrogen-bond donors (Lipinski definition) is 1. The highest BCUT2D eigenvalue weighted by Crippen LogP contribution is 2.43. The van der Waals surface area contributed by atoms with E-state index in [0.717, 1.165) is 74.1 Å². The van der Waals surface area contributed by atoms with Gasteiger partial charge in [0.25, 0.3) is 0 Å². The number of unbranched alkanes of at least 4 members (excludes halogenated alkanes) is 1. The summed E-state index contributed by atoms with van der Waals surface area (Å²) in [5.41, 5.74) is 5.82. The van der Waals surface area contributed by atoms with Crippen molar-refractivity contribution in [2.75, 3.05) is 19.7 Å². The number of hydrogen-bond acceptors (Lipinski definition) is 6. The Kier molecular flexibility index (Phi) is 15.8. The van der Waals surface area contributed by atoms with Crippen LogP contribution in [0.1, 0.15) is 118 Å². The predicted molar refractivity (Wildman–Crippen MR) is 192 cm³/mol. The van der Waals surface area contributed by atoms with Gasteiger partial charge in [-0.1, -0.05) is 55.5 Å². The van der Waals surface area contributed by atoms with Crippen molar-refractivity contribution in [1.82, 2.24) is 9.88 Å². The largest absolute Gasteiger partial charge is 0.489 e. The van der Waals surface area contributed by atoms with E-state index in [9.17, 15) is 22.8 Å². The number of aliphatic carboxylic acids is 1. The van der Waals surface area contributed by atoms with Gasteiger partial charge in [0, 0.05) is 37.3 Å². The molecule has 0 aliphatic heterocycles. The highest BCUT2D eigenvalue weighted by Gasteiger charge is 2.41. The Morgan fingerprint density at radius 3 is 2.33 bits per heavy atom. The first-order valence-corrected chi connectivity index (χ1v) is 18.5. The molecule has 278 valence electrons. The number of benzene rings is 2. The van der Waals surface area contributed by atoms with Crippen molar-refractivity contribution in [3.63, 3.8) is 0 Å². The number of aromatic nitrogens is 1. The molecule has 2 aromatic carbocycles. The molecule has 5 rings (SSSR count). The molecule has 3 aromatic rings. The fourth-order valence-electron chi connectivity index (χ4n) is 7.12. The van der Waals surface area contributed by atoms with Crippen LogP contribution in [0.2, 0.25) is 0 Å². The van der Waals surface area contributed by atoms with E-state index in [1.165, 1.54) is 11.3 Å². The van der Waals surface area contributed by atoms with E-state index in [-0.39, 0.29) is 31.1 Å². The second-order valence-corrected chi connectivity index (χ2v) is 13.5. The minimum atomic E-state index is -4.08. The molecule has 1 heterocycles. The molecule has 1 atom stereocenters. The Balaban J connectivity index is 0.00000109. The zero-order chi connectivity index (χ0) is 36.6. The topological polar surface area (TPSA) is 89.0 Å². The molecule has 7 nitrogen and oxygen atoms in total. The fourth-order valence-corrected chi connectivity index (χ4v) is 7.12. The molecule has 0 bridgehead atoms. The van der Waals surface area contributed by atoms with E-state index in [4.69, 9.17) is 14.6 Å². The number of rotatable bonds is 15. The molecular weight excluding hydrogens is 657 g/mol. The Morgan fingerprint density at radius 1 is 0.922 bits per heavy atom. The number of alkyl halides is 3. The molecule has 51 heavy (non-hydrogen) atoms. The first-order valence-electron chi connectivity index (χ1n) is 18.5. The molecule has 0 spiro atoms. The smallest absolute Gasteiger partial charge is 0.391 e. The third-order valence-corrected chi connectivity index (χ3v) is 9.98. The number of carbonyl (C=O) groups excluding carboxylic acids is 1. The highest BCUT2D eigenvalue weighted by atomic mass is 19.4. The Hall–Kier alpha value is -3.92. The van der Waals surface area contributed by atoms with Crippen molar-refractivity contribution in [3.05, 3.63) is 94.8 Å². The summed E-state index contributed by atoms with van der Waals surface area (Å²) in [6.45, 7) is 6.04. The average molecular weight is 711 g/mol. The number of nitrogens with zero attached hydrogens (tertiary/aromatic N) is 2. The normalized spacial score (nSPS) is 18.7. The SMILES string of the molecule is CCC(=O)O.CCOC(=O)CCCCN(CCc1ccccc1OCc1ccc(C2CCC(C(F)(F)F)CC2)cc1)C1CCCc2ncccc21. The summed E-state index contributed by atoms with van der Waals surface area (Å²) in [6.07, 6.45) is 5.84. The molecule has 1 saturated carbocycles. The van der Waals surface area contributed by atoms with Gasteiger partial charge in [0.15, 0.2) is 0 Å². The van der Waals surface area contributed by atoms with Crippen LogP contribution in [0.25, 0.3) is 0 Å². The van der Waals surface area contributed by atoms with Crippen LogP contribution in [-0.2, 0) is 33.8 Å². The van der Waals surface area contributed by atoms with E-state index < -0.39 is 18.1 Å². The summed E-state index contributed by atoms with van der Waals surface area (Å²) in [5, 5.41) is 7.72. The fraction of sp³-hybridized carbons (Fsp3) is 0.537. The van der Waals surface area contributed by atoms with Crippen LogP contribution in [0, 0.1) is 5.92 Å². The standard InChI is InChI=1S/C38H47F3N2O3.C3H6O2/c1-2-45-37(44)14-5-6-25-43(35-12-7-11-34-33(35)10-8-24-42-34)26-23-31-9-3-4-13-36(31)46-27-28-15-17-29(18-16-28)30-19-21-32(22-20-30)38(39,40)41;1-2-3(4)5/h3-4,8-10,13,15-18,24,30,32,35H,2,5-7,11-12,14,19-23,25-27H2,1H3;2H2,1H3,(H,4,5). The number of carboxylic acid groups (broad SMARTS) is 1. The molecule has 1 aromatic heterocycles. The number of carboxylic acids is 1. The van der Waals surface area contributed by atoms with Crippen LogP contribution in [0.4, 0.5) is 13.2 Å². The maximum Gasteiger partial charge on any atom is 0.391 e. The van der Waals surface area contributed by atoms with Crippen molar-refractivity contribution in [1.29, 1.82) is 0 Å². The number of halogens is 3. The van der Waals surface area contributed by atoms with Crippen molar-refractivity contribution in [3.8, 4) is 5.75 Å². The van der Waals surface area contributed by atoms with E-state index in [1.54, 1.807) is 6.92 Å². The number of esters is 1. The summed E-state index contributed by atoms with van der Waals surface area (Å²) in [7, 11) is 0. The zero-order valence-electron chi connectivity index (χ0n) is 30.0. The van der Waals surface area contributed by atoms with Crippen molar-refractivity contribution < 1.29 is 37.3 Å². The van der Waals surface area contributed by atoms with Gasteiger partial charge in [-0.2, -0.15) is 13.2 Å². The van der Waals surface area contributed by atoms with Gasteiger partial charge in [0.1, 0.15) is 12.4 Å². The van der Waals surface area contributed by atoms with Crippen molar-refractivity contribution in [2.45, 2.75) is 116 Å². The van der Waals surface area contributed by atoms with Gasteiger partial charge in [-0.3, -0.25) is 19.5 Å². The van der Waals surface area contributed by atoms with Gasteiger partial charge < -0.3 is 14.6 Å².